The highest BCUT2D eigenvalue weighted by molar-refractivity contribution is 5.85. The summed E-state index contributed by atoms with van der Waals surface area (Å²) >= 11 is 0. The minimum atomic E-state index is -0.332. The van der Waals surface area contributed by atoms with E-state index in [1.807, 2.05) is 30.3 Å². The molecule has 0 radical (unpaired) electrons. The third-order valence-electron chi connectivity index (χ3n) is 3.72. The molecule has 0 aliphatic heterocycles. The van der Waals surface area contributed by atoms with Gasteiger partial charge in [-0.1, -0.05) is 30.3 Å². The summed E-state index contributed by atoms with van der Waals surface area (Å²) in [7, 11) is 3.10. The molecular weight excluding hydrogens is 346 g/mol. The molecule has 0 aromatic heterocycles. The van der Waals surface area contributed by atoms with Crippen molar-refractivity contribution in [2.75, 3.05) is 14.2 Å². The number of carbonyl (C=O) groups excluding carboxylic acids is 2. The van der Waals surface area contributed by atoms with Gasteiger partial charge < -0.3 is 14.8 Å². The molecule has 0 heterocycles. The van der Waals surface area contributed by atoms with Gasteiger partial charge in [0.1, 0.15) is 0 Å². The van der Waals surface area contributed by atoms with Gasteiger partial charge in [0.05, 0.1) is 20.4 Å². The second-order valence-electron chi connectivity index (χ2n) is 5.67. The number of benzene rings is 2. The van der Waals surface area contributed by atoms with Crippen molar-refractivity contribution in [1.82, 2.24) is 10.7 Å². The average Bonchev–Trinajstić information content (AvgIpc) is 2.71. The van der Waals surface area contributed by atoms with Gasteiger partial charge in [0.25, 0.3) is 0 Å². The quantitative estimate of drug-likeness (QED) is 0.524. The van der Waals surface area contributed by atoms with E-state index in [1.54, 1.807) is 32.4 Å². The maximum absolute atomic E-state index is 11.8. The third-order valence-corrected chi connectivity index (χ3v) is 3.72. The van der Waals surface area contributed by atoms with E-state index in [4.69, 9.17) is 9.47 Å². The van der Waals surface area contributed by atoms with Crippen LogP contribution in [0.5, 0.6) is 11.5 Å². The Labute approximate surface area is 158 Å². The van der Waals surface area contributed by atoms with Crippen molar-refractivity contribution in [2.24, 2.45) is 5.10 Å². The van der Waals surface area contributed by atoms with Crippen LogP contribution < -0.4 is 20.2 Å². The summed E-state index contributed by atoms with van der Waals surface area (Å²) in [5.74, 6) is 0.669. The molecule has 0 aliphatic carbocycles. The van der Waals surface area contributed by atoms with E-state index >= 15 is 0 Å². The van der Waals surface area contributed by atoms with Crippen molar-refractivity contribution >= 4 is 18.0 Å². The fourth-order valence-electron chi connectivity index (χ4n) is 2.28. The number of carbonyl (C=O) groups is 2. The van der Waals surface area contributed by atoms with E-state index in [-0.39, 0.29) is 24.7 Å². The summed E-state index contributed by atoms with van der Waals surface area (Å²) < 4.78 is 10.4. The molecule has 2 rings (SSSR count). The number of hydrazone groups is 1. The van der Waals surface area contributed by atoms with Crippen LogP contribution in [0.1, 0.15) is 24.0 Å². The van der Waals surface area contributed by atoms with Gasteiger partial charge in [-0.15, -0.1) is 0 Å². The van der Waals surface area contributed by atoms with Gasteiger partial charge >= 0.3 is 0 Å². The first-order valence-electron chi connectivity index (χ1n) is 8.47. The van der Waals surface area contributed by atoms with Crippen LogP contribution in [-0.4, -0.2) is 32.2 Å². The molecule has 0 spiro atoms. The molecule has 2 amide bonds. The normalized spacial score (nSPS) is 10.4. The monoisotopic (exact) mass is 369 g/mol. The van der Waals surface area contributed by atoms with Crippen LogP contribution in [0.25, 0.3) is 0 Å². The molecule has 2 aromatic rings. The van der Waals surface area contributed by atoms with Crippen molar-refractivity contribution in [1.29, 1.82) is 0 Å². The maximum Gasteiger partial charge on any atom is 0.240 e. The summed E-state index contributed by atoms with van der Waals surface area (Å²) in [6.07, 6.45) is 1.66. The minimum Gasteiger partial charge on any atom is -0.493 e. The lowest BCUT2D eigenvalue weighted by Gasteiger charge is -2.07. The topological polar surface area (TPSA) is 89.0 Å². The van der Waals surface area contributed by atoms with Crippen LogP contribution in [0.2, 0.25) is 0 Å². The molecule has 7 nitrogen and oxygen atoms in total. The van der Waals surface area contributed by atoms with Crippen LogP contribution in [-0.2, 0) is 16.1 Å². The van der Waals surface area contributed by atoms with Gasteiger partial charge in [-0.25, -0.2) is 5.43 Å². The Bertz CT molecular complexity index is 791. The van der Waals surface area contributed by atoms with E-state index in [9.17, 15) is 9.59 Å². The summed E-state index contributed by atoms with van der Waals surface area (Å²) in [6, 6.07) is 14.9. The number of amides is 2. The Morgan fingerprint density at radius 3 is 2.37 bits per heavy atom. The average molecular weight is 369 g/mol. The molecule has 2 aromatic carbocycles. The zero-order chi connectivity index (χ0) is 19.5. The number of nitrogens with one attached hydrogen (secondary N) is 2. The van der Waals surface area contributed by atoms with Crippen molar-refractivity contribution in [3.05, 3.63) is 59.7 Å². The smallest absolute Gasteiger partial charge is 0.240 e. The maximum atomic E-state index is 11.8. The first-order chi connectivity index (χ1) is 13.1. The largest absolute Gasteiger partial charge is 0.493 e. The highest BCUT2D eigenvalue weighted by atomic mass is 16.5. The van der Waals surface area contributed by atoms with Crippen molar-refractivity contribution in [3.63, 3.8) is 0 Å². The van der Waals surface area contributed by atoms with Crippen LogP contribution in [0.15, 0.2) is 53.6 Å². The molecule has 0 saturated heterocycles. The zero-order valence-corrected chi connectivity index (χ0v) is 15.4. The summed E-state index contributed by atoms with van der Waals surface area (Å²) in [5.41, 5.74) is 4.16. The molecule has 2 N–H and O–H groups in total. The number of nitrogens with zero attached hydrogens (tertiary/aromatic N) is 1. The van der Waals surface area contributed by atoms with Crippen LogP contribution >= 0.6 is 0 Å². The molecular formula is C20H23N3O4. The molecule has 0 atom stereocenters. The number of methoxy groups -OCH3 is 2. The number of hydrogen-bond donors (Lipinski definition) is 2. The van der Waals surface area contributed by atoms with Gasteiger partial charge in [0.15, 0.2) is 11.5 Å². The lowest BCUT2D eigenvalue weighted by atomic mass is 10.2. The van der Waals surface area contributed by atoms with Crippen LogP contribution in [0.4, 0.5) is 0 Å². The summed E-state index contributed by atoms with van der Waals surface area (Å²) in [5, 5.41) is 6.67. The molecule has 142 valence electrons. The Morgan fingerprint density at radius 2 is 1.67 bits per heavy atom. The molecule has 0 aliphatic rings. The standard InChI is InChI=1S/C20H23N3O4/c1-26-17-9-8-16(12-18(17)27-2)14-22-23-20(25)11-10-19(24)21-13-15-6-4-3-5-7-15/h3-9,12,14H,10-11,13H2,1-2H3,(H,21,24)(H,23,25)/b22-14+. The number of rotatable bonds is 9. The molecule has 27 heavy (non-hydrogen) atoms. The van der Waals surface area contributed by atoms with Crippen molar-refractivity contribution < 1.29 is 19.1 Å². The third kappa shape index (κ3) is 6.81. The highest BCUT2D eigenvalue weighted by Crippen LogP contribution is 2.26. The number of hydrogen-bond acceptors (Lipinski definition) is 5. The SMILES string of the molecule is COc1ccc(/C=N/NC(=O)CCC(=O)NCc2ccccc2)cc1OC. The van der Waals surface area contributed by atoms with Crippen LogP contribution in [0.3, 0.4) is 0 Å². The highest BCUT2D eigenvalue weighted by Gasteiger charge is 2.06. The van der Waals surface area contributed by atoms with Gasteiger partial charge in [-0.2, -0.15) is 5.10 Å². The predicted octanol–water partition coefficient (Wildman–Crippen LogP) is 2.25. The van der Waals surface area contributed by atoms with Crippen LogP contribution in [0, 0.1) is 0 Å². The summed E-state index contributed by atoms with van der Waals surface area (Å²) in [4.78, 5) is 23.6. The Kier molecular flexibility index (Phi) is 7.84. The van der Waals surface area contributed by atoms with Gasteiger partial charge in [-0.05, 0) is 29.3 Å². The zero-order valence-electron chi connectivity index (χ0n) is 15.4. The first-order valence-corrected chi connectivity index (χ1v) is 8.47. The first kappa shape index (κ1) is 20.0. The van der Waals surface area contributed by atoms with Crippen molar-refractivity contribution in [2.45, 2.75) is 19.4 Å². The Hall–Kier alpha value is -3.35. The van der Waals surface area contributed by atoms with Gasteiger partial charge in [0.2, 0.25) is 11.8 Å². The molecule has 0 bridgehead atoms. The van der Waals surface area contributed by atoms with Crippen molar-refractivity contribution in [3.8, 4) is 11.5 Å². The van der Waals surface area contributed by atoms with Gasteiger partial charge in [-0.3, -0.25) is 9.59 Å². The summed E-state index contributed by atoms with van der Waals surface area (Å²) in [6.45, 7) is 0.443. The fraction of sp³-hybridized carbons (Fsp3) is 0.250. The Morgan fingerprint density at radius 1 is 0.963 bits per heavy atom. The van der Waals surface area contributed by atoms with E-state index in [1.165, 1.54) is 6.21 Å². The molecule has 0 unspecified atom stereocenters. The lowest BCUT2D eigenvalue weighted by Crippen LogP contribution is -2.25. The minimum absolute atomic E-state index is 0.0594. The van der Waals surface area contributed by atoms with E-state index in [2.05, 4.69) is 15.8 Å². The second-order valence-corrected chi connectivity index (χ2v) is 5.67. The number of ether oxygens (including phenoxy) is 2. The van der Waals surface area contributed by atoms with E-state index in [0.29, 0.717) is 18.0 Å². The molecule has 7 heteroatoms. The lowest BCUT2D eigenvalue weighted by molar-refractivity contribution is -0.126. The predicted molar refractivity (Wildman–Crippen MR) is 103 cm³/mol. The molecule has 0 fully saturated rings. The van der Waals surface area contributed by atoms with Gasteiger partial charge in [0, 0.05) is 19.4 Å². The Balaban J connectivity index is 1.72. The fourth-order valence-corrected chi connectivity index (χ4v) is 2.28. The van der Waals surface area contributed by atoms with E-state index in [0.717, 1.165) is 11.1 Å². The molecule has 0 saturated carbocycles. The second kappa shape index (κ2) is 10.6. The van der Waals surface area contributed by atoms with E-state index < -0.39 is 0 Å².